The third kappa shape index (κ3) is 5.15. The number of phenols is 2. The van der Waals surface area contributed by atoms with Gasteiger partial charge in [0.2, 0.25) is 0 Å². The van der Waals surface area contributed by atoms with E-state index in [-0.39, 0.29) is 11.5 Å². The number of phenolic OH excluding ortho intramolecular Hbond substituents is 2. The molecule has 0 atom stereocenters. The molecule has 3 aromatic heterocycles. The highest BCUT2D eigenvalue weighted by Gasteiger charge is 2.22. The van der Waals surface area contributed by atoms with Gasteiger partial charge in [0.15, 0.2) is 0 Å². The minimum Gasteiger partial charge on any atom is -0.506 e. The Morgan fingerprint density at radius 1 is 0.404 bits per heavy atom. The van der Waals surface area contributed by atoms with Gasteiger partial charge in [-0.05, 0) is 122 Å². The largest absolute Gasteiger partial charge is 0.506 e. The van der Waals surface area contributed by atoms with E-state index >= 15 is 0 Å². The number of fused-ring (bicyclic) bond motifs is 5. The van der Waals surface area contributed by atoms with Crippen molar-refractivity contribution in [3.8, 4) is 62.0 Å². The molecule has 6 heteroatoms. The third-order valence-electron chi connectivity index (χ3n) is 11.1. The number of aromatic hydroxyl groups is 2. The summed E-state index contributed by atoms with van der Waals surface area (Å²) in [7, 11) is 0. The number of nitrogens with zero attached hydrogens (tertiary/aromatic N) is 4. The number of hydrogen-bond acceptors (Lipinski definition) is 5. The van der Waals surface area contributed by atoms with Crippen molar-refractivity contribution in [2.45, 2.75) is 0 Å². The van der Waals surface area contributed by atoms with Crippen molar-refractivity contribution in [1.82, 2.24) is 19.5 Å². The van der Waals surface area contributed by atoms with Crippen molar-refractivity contribution in [2.24, 2.45) is 0 Å². The smallest absolute Gasteiger partial charge is 0.145 e. The Balaban J connectivity index is 1.16. The van der Waals surface area contributed by atoms with Crippen molar-refractivity contribution in [2.75, 3.05) is 0 Å². The summed E-state index contributed by atoms with van der Waals surface area (Å²) in [6.07, 6.45) is 3.43. The second-order valence-electron chi connectivity index (χ2n) is 14.3. The molecule has 0 aliphatic rings. The number of benzene rings is 8. The van der Waals surface area contributed by atoms with Crippen LogP contribution in [-0.2, 0) is 0 Å². The fourth-order valence-corrected chi connectivity index (χ4v) is 8.56. The molecule has 57 heavy (non-hydrogen) atoms. The van der Waals surface area contributed by atoms with Crippen molar-refractivity contribution < 1.29 is 10.2 Å². The second kappa shape index (κ2) is 12.9. The maximum Gasteiger partial charge on any atom is 0.145 e. The molecule has 0 unspecified atom stereocenters. The summed E-state index contributed by atoms with van der Waals surface area (Å²) in [5, 5.41) is 27.7. The number of imidazole rings is 1. The lowest BCUT2D eigenvalue weighted by molar-refractivity contribution is 0.480. The van der Waals surface area contributed by atoms with E-state index in [0.29, 0.717) is 11.0 Å². The second-order valence-corrected chi connectivity index (χ2v) is 14.3. The molecule has 11 rings (SSSR count). The Kier molecular flexibility index (Phi) is 7.37. The lowest BCUT2D eigenvalue weighted by Gasteiger charge is -2.20. The fourth-order valence-electron chi connectivity index (χ4n) is 8.56. The minimum absolute atomic E-state index is 0.143. The highest BCUT2D eigenvalue weighted by molar-refractivity contribution is 6.25. The first kappa shape index (κ1) is 32.6. The summed E-state index contributed by atoms with van der Waals surface area (Å²) >= 11 is 0. The first-order chi connectivity index (χ1) is 28.1. The van der Waals surface area contributed by atoms with Crippen LogP contribution in [0.2, 0.25) is 0 Å². The molecular formula is C51H32N4O2. The van der Waals surface area contributed by atoms with Crippen LogP contribution >= 0.6 is 0 Å². The molecule has 0 aliphatic heterocycles. The number of aromatic nitrogens is 4. The monoisotopic (exact) mass is 732 g/mol. The first-order valence-electron chi connectivity index (χ1n) is 18.9. The van der Waals surface area contributed by atoms with Crippen LogP contribution in [0.4, 0.5) is 0 Å². The van der Waals surface area contributed by atoms with Crippen LogP contribution in [0.15, 0.2) is 182 Å². The van der Waals surface area contributed by atoms with E-state index in [1.807, 2.05) is 48.5 Å². The Morgan fingerprint density at radius 3 is 1.60 bits per heavy atom. The molecule has 0 bridgehead atoms. The molecule has 0 fully saturated rings. The highest BCUT2D eigenvalue weighted by atomic mass is 16.3. The number of rotatable bonds is 5. The predicted octanol–water partition coefficient (Wildman–Crippen LogP) is 12.5. The summed E-state index contributed by atoms with van der Waals surface area (Å²) in [6, 6.07) is 57.8. The quantitative estimate of drug-likeness (QED) is 0.172. The molecule has 0 amide bonds. The molecule has 0 spiro atoms. The predicted molar refractivity (Wildman–Crippen MR) is 232 cm³/mol. The number of pyridine rings is 2. The molecular weight excluding hydrogens is 701 g/mol. The number of para-hydroxylation sites is 3. The normalized spacial score (nSPS) is 11.6. The maximum absolute atomic E-state index is 10.9. The molecule has 0 aliphatic carbocycles. The van der Waals surface area contributed by atoms with Gasteiger partial charge in [0.1, 0.15) is 28.4 Å². The van der Waals surface area contributed by atoms with E-state index in [2.05, 4.69) is 124 Å². The molecule has 3 heterocycles. The summed E-state index contributed by atoms with van der Waals surface area (Å²) in [5.74, 6) is 1.17. The van der Waals surface area contributed by atoms with Crippen LogP contribution in [0.3, 0.4) is 0 Å². The first-order valence-corrected chi connectivity index (χ1v) is 18.9. The van der Waals surface area contributed by atoms with Crippen LogP contribution in [0, 0.1) is 0 Å². The van der Waals surface area contributed by atoms with Gasteiger partial charge < -0.3 is 10.2 Å². The average Bonchev–Trinajstić information content (AvgIpc) is 3.67. The maximum atomic E-state index is 10.9. The zero-order valence-corrected chi connectivity index (χ0v) is 30.5. The van der Waals surface area contributed by atoms with E-state index in [4.69, 9.17) is 4.98 Å². The summed E-state index contributed by atoms with van der Waals surface area (Å²) < 4.78 is 2.22. The standard InChI is InChI=1S/C51H32N4O2/c56-45-26-24-37(40-14-8-28-52-49(40)45)47-35-12-4-5-13-36(35)48(38-25-27-46(57)50-41(38)15-9-29-53-50)42-30-33(22-23-39(42)47)31-18-20-32(21-19-31)51-54-43-16-6-7-17-44(43)55(51)34-10-2-1-3-11-34/h1-30,56-57H. The summed E-state index contributed by atoms with van der Waals surface area (Å²) in [5.41, 5.74) is 11.4. The van der Waals surface area contributed by atoms with Crippen LogP contribution in [0.5, 0.6) is 11.5 Å². The van der Waals surface area contributed by atoms with Gasteiger partial charge >= 0.3 is 0 Å². The van der Waals surface area contributed by atoms with Crippen molar-refractivity contribution in [3.63, 3.8) is 0 Å². The van der Waals surface area contributed by atoms with Crippen LogP contribution < -0.4 is 0 Å². The Labute approximate surface area is 327 Å². The molecule has 268 valence electrons. The molecule has 11 aromatic rings. The zero-order chi connectivity index (χ0) is 38.0. The van der Waals surface area contributed by atoms with Crippen molar-refractivity contribution in [3.05, 3.63) is 182 Å². The Bertz CT molecular complexity index is 3370. The molecule has 0 saturated heterocycles. The van der Waals surface area contributed by atoms with Crippen molar-refractivity contribution in [1.29, 1.82) is 0 Å². The molecule has 0 radical (unpaired) electrons. The Hall–Kier alpha value is -7.83. The Morgan fingerprint density at radius 2 is 0.930 bits per heavy atom. The van der Waals surface area contributed by atoms with Gasteiger partial charge in [-0.15, -0.1) is 0 Å². The zero-order valence-electron chi connectivity index (χ0n) is 30.5. The fraction of sp³-hybridized carbons (Fsp3) is 0. The van der Waals surface area contributed by atoms with Crippen LogP contribution in [0.1, 0.15) is 0 Å². The summed E-state index contributed by atoms with van der Waals surface area (Å²) in [6.45, 7) is 0. The van der Waals surface area contributed by atoms with Gasteiger partial charge in [0, 0.05) is 34.4 Å². The van der Waals surface area contributed by atoms with E-state index in [0.717, 1.165) is 93.8 Å². The van der Waals surface area contributed by atoms with Gasteiger partial charge in [0.05, 0.1) is 11.0 Å². The van der Waals surface area contributed by atoms with Gasteiger partial charge in [-0.1, -0.05) is 103 Å². The van der Waals surface area contributed by atoms with E-state index in [1.54, 1.807) is 24.5 Å². The molecule has 8 aromatic carbocycles. The molecule has 0 saturated carbocycles. The van der Waals surface area contributed by atoms with Gasteiger partial charge in [-0.3, -0.25) is 14.5 Å². The van der Waals surface area contributed by atoms with Crippen LogP contribution in [-0.4, -0.2) is 29.7 Å². The summed E-state index contributed by atoms with van der Waals surface area (Å²) in [4.78, 5) is 14.2. The lowest BCUT2D eigenvalue weighted by atomic mass is 9.83. The van der Waals surface area contributed by atoms with E-state index in [9.17, 15) is 10.2 Å². The van der Waals surface area contributed by atoms with Gasteiger partial charge in [0.25, 0.3) is 0 Å². The third-order valence-corrected chi connectivity index (χ3v) is 11.1. The number of hydrogen-bond donors (Lipinski definition) is 2. The average molecular weight is 733 g/mol. The topological polar surface area (TPSA) is 84.1 Å². The van der Waals surface area contributed by atoms with Crippen molar-refractivity contribution >= 4 is 54.4 Å². The minimum atomic E-state index is 0.143. The van der Waals surface area contributed by atoms with Gasteiger partial charge in [-0.25, -0.2) is 4.98 Å². The van der Waals surface area contributed by atoms with Crippen LogP contribution in [0.25, 0.3) is 105 Å². The highest BCUT2D eigenvalue weighted by Crippen LogP contribution is 2.48. The lowest BCUT2D eigenvalue weighted by Crippen LogP contribution is -1.97. The molecule has 2 N–H and O–H groups in total. The SMILES string of the molecule is Oc1ccc(-c2c3ccccc3c(-c3ccc(O)c4ncccc34)c3cc(-c4ccc(-c5nc6ccccc6n5-c5ccccc5)cc4)ccc23)c2cccnc12. The molecule has 6 nitrogen and oxygen atoms in total. The van der Waals surface area contributed by atoms with E-state index in [1.165, 1.54) is 0 Å². The van der Waals surface area contributed by atoms with Gasteiger partial charge in [-0.2, -0.15) is 0 Å². The van der Waals surface area contributed by atoms with E-state index < -0.39 is 0 Å².